The Morgan fingerprint density at radius 3 is 2.14 bits per heavy atom. The van der Waals surface area contributed by atoms with Gasteiger partial charge < -0.3 is 29.7 Å². The average Bonchev–Trinajstić information content (AvgIpc) is 2.79. The maximum absolute atomic E-state index is 2.43. The number of fused-ring (bicyclic) bond motifs is 3. The maximum Gasteiger partial charge on any atom is 3.00 e. The van der Waals surface area contributed by atoms with Crippen LogP contribution < -0.4 is 29.7 Å². The van der Waals surface area contributed by atoms with Crippen LogP contribution in [0.1, 0.15) is 13.8 Å². The van der Waals surface area contributed by atoms with Crippen molar-refractivity contribution in [3.05, 3.63) is 48.5 Å². The average molecular weight is 398 g/mol. The molecule has 0 aliphatic rings. The zero-order chi connectivity index (χ0) is 12.5. The molecule has 0 aliphatic heterocycles. The van der Waals surface area contributed by atoms with Crippen molar-refractivity contribution < 1.29 is 51.0 Å². The van der Waals surface area contributed by atoms with Crippen molar-refractivity contribution >= 4 is 27.2 Å². The van der Waals surface area contributed by atoms with Gasteiger partial charge in [0.05, 0.1) is 0 Å². The topological polar surface area (TPSA) is 3.24 Å². The van der Waals surface area contributed by atoms with Crippen LogP contribution in [-0.4, -0.2) is 13.1 Å². The van der Waals surface area contributed by atoms with Crippen LogP contribution in [0.3, 0.4) is 0 Å². The summed E-state index contributed by atoms with van der Waals surface area (Å²) in [6.07, 6.45) is 0. The van der Waals surface area contributed by atoms with Gasteiger partial charge in [0.1, 0.15) is 0 Å². The Bertz CT molecular complexity index is 689. The van der Waals surface area contributed by atoms with Gasteiger partial charge in [0.15, 0.2) is 0 Å². The first-order valence-corrected chi connectivity index (χ1v) is 6.67. The molecule has 1 nitrogen and oxygen atoms in total. The van der Waals surface area contributed by atoms with E-state index >= 15 is 0 Å². The van der Waals surface area contributed by atoms with E-state index in [0.717, 1.165) is 13.1 Å². The first kappa shape index (κ1) is 20.6. The fraction of sp³-hybridized carbons (Fsp3) is 0.235. The number of hydrogen-bond acceptors (Lipinski definition) is 1. The minimum atomic E-state index is 0. The molecule has 0 bridgehead atoms. The fourth-order valence-corrected chi connectivity index (χ4v) is 2.82. The number of anilines is 1. The predicted octanol–water partition coefficient (Wildman–Crippen LogP) is -1.44. The fourth-order valence-electron chi connectivity index (χ4n) is 2.82. The van der Waals surface area contributed by atoms with Gasteiger partial charge in [-0.1, -0.05) is 35.7 Å². The second-order valence-electron chi connectivity index (χ2n) is 4.65. The summed E-state index contributed by atoms with van der Waals surface area (Å²) in [4.78, 5) is 2.43. The van der Waals surface area contributed by atoms with E-state index < -0.39 is 0 Å². The van der Waals surface area contributed by atoms with Gasteiger partial charge in [-0.3, -0.25) is 0 Å². The van der Waals surface area contributed by atoms with Crippen LogP contribution in [0.15, 0.2) is 48.5 Å². The van der Waals surface area contributed by atoms with Crippen LogP contribution in [0.5, 0.6) is 0 Å². The molecule has 3 aromatic rings. The van der Waals surface area contributed by atoms with Gasteiger partial charge in [-0.25, -0.2) is 0 Å². The van der Waals surface area contributed by atoms with E-state index in [0.29, 0.717) is 0 Å². The van der Waals surface area contributed by atoms with Crippen LogP contribution in [0.2, 0.25) is 0 Å². The Kier molecular flexibility index (Phi) is 8.70. The molecule has 0 atom stereocenters. The zero-order valence-corrected chi connectivity index (χ0v) is 16.2. The van der Waals surface area contributed by atoms with E-state index in [-0.39, 0.29) is 51.0 Å². The molecule has 0 aromatic heterocycles. The molecule has 0 saturated carbocycles. The minimum absolute atomic E-state index is 0. The molecule has 1 radical (unpaired) electrons. The Morgan fingerprint density at radius 1 is 0.857 bits per heavy atom. The summed E-state index contributed by atoms with van der Waals surface area (Å²) in [6.45, 7) is 6.53. The van der Waals surface area contributed by atoms with Gasteiger partial charge in [-0.05, 0) is 13.8 Å². The summed E-state index contributed by atoms with van der Waals surface area (Å²) in [6, 6.07) is 17.6. The first-order valence-electron chi connectivity index (χ1n) is 6.67. The van der Waals surface area contributed by atoms with Gasteiger partial charge in [0, 0.05) is 18.8 Å². The Balaban J connectivity index is 0.00000133. The molecule has 0 fully saturated rings. The van der Waals surface area contributed by atoms with E-state index in [1.165, 1.54) is 27.2 Å². The molecule has 3 rings (SSSR count). The number of benzene rings is 2. The Labute approximate surface area is 158 Å². The largest absolute Gasteiger partial charge is 3.00 e. The molecule has 0 N–H and O–H groups in total. The summed E-state index contributed by atoms with van der Waals surface area (Å²) >= 11 is 0. The van der Waals surface area contributed by atoms with E-state index in [1.807, 2.05) is 0 Å². The van der Waals surface area contributed by atoms with Crippen molar-refractivity contribution in [1.29, 1.82) is 0 Å². The molecule has 21 heavy (non-hydrogen) atoms. The molecule has 0 unspecified atom stereocenters. The molecule has 4 heteroatoms. The van der Waals surface area contributed by atoms with Gasteiger partial charge in [-0.2, -0.15) is 0 Å². The molecule has 0 spiro atoms. The summed E-state index contributed by atoms with van der Waals surface area (Å²) in [5.41, 5.74) is 1.36. The third kappa shape index (κ3) is 3.67. The summed E-state index contributed by atoms with van der Waals surface area (Å²) in [5.74, 6) is 0. The summed E-state index contributed by atoms with van der Waals surface area (Å²) in [5, 5.41) is 5.46. The van der Waals surface area contributed by atoms with Crippen molar-refractivity contribution in [2.24, 2.45) is 0 Å². The van der Waals surface area contributed by atoms with Gasteiger partial charge in [0.2, 0.25) is 0 Å². The summed E-state index contributed by atoms with van der Waals surface area (Å²) in [7, 11) is 0. The molecule has 0 heterocycles. The van der Waals surface area contributed by atoms with Crippen molar-refractivity contribution in [2.75, 3.05) is 18.0 Å². The quantitative estimate of drug-likeness (QED) is 0.489. The van der Waals surface area contributed by atoms with Crippen molar-refractivity contribution in [3.8, 4) is 0 Å². The SMILES string of the molecule is CCN(CC)c1cccc2[cH-]c3ccccc3c12.[Cl-].[Cl-].[Zr+3]. The molecule has 109 valence electrons. The van der Waals surface area contributed by atoms with Gasteiger partial charge in [-0.15, -0.1) is 34.4 Å². The minimum Gasteiger partial charge on any atom is -1.00 e. The Morgan fingerprint density at radius 2 is 1.48 bits per heavy atom. The summed E-state index contributed by atoms with van der Waals surface area (Å²) < 4.78 is 0. The van der Waals surface area contributed by atoms with E-state index in [9.17, 15) is 0 Å². The van der Waals surface area contributed by atoms with Crippen LogP contribution >= 0.6 is 0 Å². The molecule has 0 saturated heterocycles. The Hall–Kier alpha value is -0.427. The van der Waals surface area contributed by atoms with Crippen LogP contribution in [0, 0.1) is 0 Å². The first-order chi connectivity index (χ1) is 8.85. The number of rotatable bonds is 3. The number of nitrogens with zero attached hydrogens (tertiary/aromatic N) is 1. The molecule has 3 aromatic carbocycles. The molecular formula is C17H18Cl2NZr. The van der Waals surface area contributed by atoms with Crippen LogP contribution in [0.25, 0.3) is 21.5 Å². The third-order valence-electron chi connectivity index (χ3n) is 3.72. The van der Waals surface area contributed by atoms with Crippen molar-refractivity contribution in [2.45, 2.75) is 13.8 Å². The van der Waals surface area contributed by atoms with E-state index in [4.69, 9.17) is 0 Å². The van der Waals surface area contributed by atoms with E-state index in [1.54, 1.807) is 0 Å². The van der Waals surface area contributed by atoms with E-state index in [2.05, 4.69) is 67.3 Å². The number of hydrogen-bond donors (Lipinski definition) is 0. The monoisotopic (exact) mass is 396 g/mol. The molecule has 0 amide bonds. The zero-order valence-electron chi connectivity index (χ0n) is 12.2. The normalized spacial score (nSPS) is 9.62. The maximum atomic E-state index is 2.43. The predicted molar refractivity (Wildman–Crippen MR) is 80.6 cm³/mol. The third-order valence-corrected chi connectivity index (χ3v) is 3.72. The second kappa shape index (κ2) is 8.88. The van der Waals surface area contributed by atoms with Crippen molar-refractivity contribution in [1.82, 2.24) is 0 Å². The smallest absolute Gasteiger partial charge is 1.00 e. The van der Waals surface area contributed by atoms with Crippen LogP contribution in [-0.2, 0) is 26.2 Å². The molecule has 0 aliphatic carbocycles. The van der Waals surface area contributed by atoms with Gasteiger partial charge in [0.25, 0.3) is 0 Å². The molecular weight excluding hydrogens is 380 g/mol. The standard InChI is InChI=1S/C17H18N.2ClH.Zr/c1-3-18(4-2)16-11-7-9-14-12-13-8-5-6-10-15(13)17(14)16;;;/h5-12H,3-4H2,1-2H3;2*1H;/q-1;;;+3/p-2. The van der Waals surface area contributed by atoms with Crippen molar-refractivity contribution in [3.63, 3.8) is 0 Å². The van der Waals surface area contributed by atoms with Gasteiger partial charge >= 0.3 is 26.2 Å². The van der Waals surface area contributed by atoms with Crippen LogP contribution in [0.4, 0.5) is 5.69 Å². The second-order valence-corrected chi connectivity index (χ2v) is 4.65. The number of halogens is 2.